The van der Waals surface area contributed by atoms with E-state index in [1.807, 2.05) is 79.7 Å². The fourth-order valence-corrected chi connectivity index (χ4v) is 10.4. The molecule has 282 valence electrons. The molecule has 7 aromatic carbocycles. The Morgan fingerprint density at radius 2 is 1.25 bits per heavy atom. The van der Waals surface area contributed by atoms with Gasteiger partial charge in [-0.05, 0) is 112 Å². The molecule has 4 heterocycles. The van der Waals surface area contributed by atoms with E-state index >= 15 is 0 Å². The van der Waals surface area contributed by atoms with Crippen molar-refractivity contribution in [3.8, 4) is 67.2 Å². The summed E-state index contributed by atoms with van der Waals surface area (Å²) in [4.78, 5) is 15.2. The molecule has 0 unspecified atom stereocenters. The Kier molecular flexibility index (Phi) is 5.08. The predicted octanol–water partition coefficient (Wildman–Crippen LogP) is 14.1. The summed E-state index contributed by atoms with van der Waals surface area (Å²) in [6, 6.07) is 40.0. The Bertz CT molecular complexity index is 3880. The van der Waals surface area contributed by atoms with Crippen molar-refractivity contribution in [3.05, 3.63) is 167 Å². The maximum Gasteiger partial charge on any atom is 0.307 e. The van der Waals surface area contributed by atoms with Gasteiger partial charge >= 0.3 is 5.84 Å². The van der Waals surface area contributed by atoms with Gasteiger partial charge in [0.2, 0.25) is 0 Å². The molecule has 1 aliphatic heterocycles. The second-order valence-electron chi connectivity index (χ2n) is 15.1. The molecule has 0 radical (unpaired) electrons. The lowest BCUT2D eigenvalue weighted by molar-refractivity contribution is 0.607. The van der Waals surface area contributed by atoms with Gasteiger partial charge < -0.3 is 4.42 Å². The highest BCUT2D eigenvalue weighted by Gasteiger charge is 2.37. The molecule has 0 fully saturated rings. The SMILES string of the molecule is [2H]C([2H])([2H])c1cc2c(cc1-c1c(C([2H])([2H])[2H])ccc3c1oc1nc4ccccc4n13)C(C([2H])([2H])[2H])(C([2H])([2H])[2H])c1ccc(C)c(-c3ncc4c(n3)-c3ccccc3-c3ccccc3-c3ccccc3-4)c1S2. The number of rotatable bonds is 2. The maximum absolute atomic E-state index is 9.35. The third-order valence-electron chi connectivity index (χ3n) is 11.8. The van der Waals surface area contributed by atoms with Crippen molar-refractivity contribution in [3.63, 3.8) is 0 Å². The molecule has 5 nitrogen and oxygen atoms in total. The van der Waals surface area contributed by atoms with Crippen LogP contribution in [0, 0.1) is 20.6 Å². The standard InChI is InChI=1S/C53H38N4OS/c1-29-23-25-44-49(58-52-55-42-20-12-13-21-43(42)57(44)52)46(29)38-27-41-45(26-31(38)3)59-50-40(53(41,4)5)24-22-30(2)47(50)51-54-28-39-36-18-9-8-16-34(36)32-14-6-7-15-33(32)35-17-10-11-19-37(35)48(39)56-51/h6-28H,1-5H3/i1D3,3D3,4D3,5D3. The molecule has 0 saturated heterocycles. The molecular weight excluding hydrogens is 741 g/mol. The van der Waals surface area contributed by atoms with Gasteiger partial charge in [0, 0.05) is 60.1 Å². The van der Waals surface area contributed by atoms with Gasteiger partial charge in [0.05, 0.1) is 22.2 Å². The Morgan fingerprint density at radius 1 is 0.593 bits per heavy atom. The van der Waals surface area contributed by atoms with Crippen LogP contribution in [0.25, 0.3) is 95.1 Å². The molecule has 0 N–H and O–H groups in total. The summed E-state index contributed by atoms with van der Waals surface area (Å²) in [5, 5.41) is 0. The fourth-order valence-electron chi connectivity index (χ4n) is 9.03. The van der Waals surface area contributed by atoms with E-state index in [0.717, 1.165) is 50.7 Å². The van der Waals surface area contributed by atoms with Crippen molar-refractivity contribution in [2.45, 2.75) is 49.5 Å². The molecular formula is C53H38N4OS. The summed E-state index contributed by atoms with van der Waals surface area (Å²) in [6.45, 7) is -10.6. The molecule has 0 bridgehead atoms. The minimum atomic E-state index is -3.32. The summed E-state index contributed by atoms with van der Waals surface area (Å²) >= 11 is 1.04. The smallest absolute Gasteiger partial charge is 0.307 e. The molecule has 2 aliphatic rings. The summed E-state index contributed by atoms with van der Waals surface area (Å²) in [5.74, 6) is 0.315. The van der Waals surface area contributed by atoms with E-state index in [9.17, 15) is 8.22 Å². The van der Waals surface area contributed by atoms with Gasteiger partial charge in [-0.3, -0.25) is 4.40 Å². The molecule has 0 atom stereocenters. The Hall–Kier alpha value is -6.76. The Labute approximate surface area is 363 Å². The molecule has 0 amide bonds. The third kappa shape index (κ3) is 4.84. The highest BCUT2D eigenvalue weighted by atomic mass is 32.2. The number of imidazole rings is 1. The van der Waals surface area contributed by atoms with E-state index in [1.165, 1.54) is 24.3 Å². The normalized spacial score (nSPS) is 17.4. The van der Waals surface area contributed by atoms with Crippen LogP contribution in [0.1, 0.15) is 58.0 Å². The zero-order chi connectivity index (χ0) is 49.7. The zero-order valence-electron chi connectivity index (χ0n) is 43.4. The van der Waals surface area contributed by atoms with Gasteiger partial charge in [-0.25, -0.2) is 9.97 Å². The van der Waals surface area contributed by atoms with Crippen LogP contribution in [0.15, 0.2) is 154 Å². The number of hydrogen-bond donors (Lipinski definition) is 0. The van der Waals surface area contributed by atoms with E-state index in [4.69, 9.17) is 22.6 Å². The number of oxazole rings is 1. The predicted molar refractivity (Wildman–Crippen MR) is 241 cm³/mol. The fraction of sp³-hybridized carbons (Fsp3) is 0.113. The Morgan fingerprint density at radius 3 is 1.98 bits per heavy atom. The third-order valence-corrected chi connectivity index (χ3v) is 13.0. The molecule has 1 aliphatic carbocycles. The Balaban J connectivity index is 1.15. The summed E-state index contributed by atoms with van der Waals surface area (Å²) in [5.41, 5.74) is 5.60. The van der Waals surface area contributed by atoms with Gasteiger partial charge in [-0.1, -0.05) is 129 Å². The van der Waals surface area contributed by atoms with Crippen LogP contribution >= 0.6 is 11.8 Å². The van der Waals surface area contributed by atoms with E-state index in [0.29, 0.717) is 33.4 Å². The van der Waals surface area contributed by atoms with Crippen molar-refractivity contribution in [2.24, 2.45) is 0 Å². The average molecular weight is 791 g/mol. The first-order valence-electron chi connectivity index (χ1n) is 25.2. The van der Waals surface area contributed by atoms with Gasteiger partial charge in [0.25, 0.3) is 0 Å². The van der Waals surface area contributed by atoms with E-state index in [1.54, 1.807) is 28.8 Å². The highest BCUT2D eigenvalue weighted by Crippen LogP contribution is 2.55. The van der Waals surface area contributed by atoms with Crippen LogP contribution in [0.3, 0.4) is 0 Å². The van der Waals surface area contributed by atoms with Crippen LogP contribution < -0.4 is 0 Å². The lowest BCUT2D eigenvalue weighted by atomic mass is 9.75. The van der Waals surface area contributed by atoms with Crippen molar-refractivity contribution in [1.82, 2.24) is 19.4 Å². The van der Waals surface area contributed by atoms with Gasteiger partial charge in [-0.15, -0.1) is 0 Å². The van der Waals surface area contributed by atoms with Crippen molar-refractivity contribution in [1.29, 1.82) is 0 Å². The van der Waals surface area contributed by atoms with Crippen LogP contribution in [0.2, 0.25) is 0 Å². The first kappa shape index (κ1) is 24.2. The van der Waals surface area contributed by atoms with E-state index in [2.05, 4.69) is 23.2 Å². The van der Waals surface area contributed by atoms with E-state index < -0.39 is 32.8 Å². The molecule has 6 heteroatoms. The van der Waals surface area contributed by atoms with Crippen molar-refractivity contribution < 1.29 is 20.9 Å². The summed E-state index contributed by atoms with van der Waals surface area (Å²) in [6.07, 6.45) is 1.75. The molecule has 12 rings (SSSR count). The van der Waals surface area contributed by atoms with Gasteiger partial charge in [-0.2, -0.15) is 4.98 Å². The number of nitrogens with zero attached hydrogens (tertiary/aromatic N) is 4. The topological polar surface area (TPSA) is 56.2 Å². The second kappa shape index (κ2) is 12.4. The van der Waals surface area contributed by atoms with Crippen molar-refractivity contribution in [2.75, 3.05) is 0 Å². The zero-order valence-corrected chi connectivity index (χ0v) is 32.2. The quantitative estimate of drug-likeness (QED) is 0.175. The number of aromatic nitrogens is 4. The van der Waals surface area contributed by atoms with Crippen LogP contribution in [-0.2, 0) is 5.41 Å². The van der Waals surface area contributed by atoms with Gasteiger partial charge in [0.15, 0.2) is 11.4 Å². The first-order chi connectivity index (χ1) is 33.7. The summed E-state index contributed by atoms with van der Waals surface area (Å²) < 4.78 is 117. The molecule has 59 heavy (non-hydrogen) atoms. The minimum absolute atomic E-state index is 0.0174. The maximum atomic E-state index is 9.35. The monoisotopic (exact) mass is 790 g/mol. The van der Waals surface area contributed by atoms with Gasteiger partial charge in [0.1, 0.15) is 0 Å². The number of para-hydroxylation sites is 2. The van der Waals surface area contributed by atoms with Crippen LogP contribution in [0.4, 0.5) is 0 Å². The molecule has 0 saturated carbocycles. The highest BCUT2D eigenvalue weighted by molar-refractivity contribution is 7.99. The average Bonchev–Trinajstić information content (AvgIpc) is 3.87. The minimum Gasteiger partial charge on any atom is -0.422 e. The first-order valence-corrected chi connectivity index (χ1v) is 20.0. The lowest BCUT2D eigenvalue weighted by Gasteiger charge is -2.36. The van der Waals surface area contributed by atoms with Crippen molar-refractivity contribution >= 4 is 39.7 Å². The molecule has 3 aromatic heterocycles. The van der Waals surface area contributed by atoms with Crippen LogP contribution in [0.5, 0.6) is 0 Å². The number of benzene rings is 7. The molecule has 10 aromatic rings. The lowest BCUT2D eigenvalue weighted by Crippen LogP contribution is -2.24. The second-order valence-corrected chi connectivity index (χ2v) is 16.2. The van der Waals surface area contributed by atoms with Crippen LogP contribution in [-0.4, -0.2) is 19.4 Å². The summed E-state index contributed by atoms with van der Waals surface area (Å²) in [7, 11) is 0. The largest absolute Gasteiger partial charge is 0.422 e. The number of fused-ring (bicyclic) bond motifs is 15. The number of hydrogen-bond acceptors (Lipinski definition) is 5. The number of aryl methyl sites for hydroxylation is 3. The molecule has 0 spiro atoms. The van der Waals surface area contributed by atoms with E-state index in [-0.39, 0.29) is 60.4 Å².